The molecule has 1 aliphatic heterocycles. The van der Waals surface area contributed by atoms with Crippen molar-refractivity contribution in [1.29, 1.82) is 0 Å². The number of aryl methyl sites for hydroxylation is 1. The molecule has 1 aromatic carbocycles. The highest BCUT2D eigenvalue weighted by atomic mass is 16.3. The fourth-order valence-corrected chi connectivity index (χ4v) is 2.86. The summed E-state index contributed by atoms with van der Waals surface area (Å²) >= 11 is 0. The van der Waals surface area contributed by atoms with Crippen LogP contribution in [-0.2, 0) is 6.42 Å². The zero-order valence-electron chi connectivity index (χ0n) is 11.6. The first-order valence-corrected chi connectivity index (χ1v) is 6.77. The van der Waals surface area contributed by atoms with Crippen LogP contribution in [0.3, 0.4) is 0 Å². The Morgan fingerprint density at radius 2 is 2.11 bits per heavy atom. The third-order valence-electron chi connectivity index (χ3n) is 3.56. The van der Waals surface area contributed by atoms with Crippen molar-refractivity contribution in [2.45, 2.75) is 38.8 Å². The van der Waals surface area contributed by atoms with E-state index in [1.807, 2.05) is 0 Å². The number of aliphatic hydroxyl groups is 1. The number of nitrogens with one attached hydrogen (secondary N) is 1. The molecular formula is C15H24N2O. The van der Waals surface area contributed by atoms with Gasteiger partial charge in [-0.3, -0.25) is 0 Å². The van der Waals surface area contributed by atoms with Crippen LogP contribution in [0.4, 0.5) is 5.69 Å². The van der Waals surface area contributed by atoms with E-state index in [-0.39, 0.29) is 18.2 Å². The summed E-state index contributed by atoms with van der Waals surface area (Å²) in [6.07, 6.45) is 1.05. The number of rotatable bonds is 3. The Labute approximate surface area is 110 Å². The first-order valence-electron chi connectivity index (χ1n) is 6.77. The third kappa shape index (κ3) is 2.85. The smallest absolute Gasteiger partial charge is 0.0602 e. The molecule has 1 heterocycles. The van der Waals surface area contributed by atoms with Gasteiger partial charge in [0, 0.05) is 30.4 Å². The predicted octanol–water partition coefficient (Wildman–Crippen LogP) is 1.80. The molecule has 0 aromatic heterocycles. The van der Waals surface area contributed by atoms with E-state index in [0.29, 0.717) is 0 Å². The summed E-state index contributed by atoms with van der Waals surface area (Å²) in [6.45, 7) is 8.61. The molecule has 1 atom stereocenters. The van der Waals surface area contributed by atoms with Gasteiger partial charge in [0.05, 0.1) is 6.61 Å². The highest BCUT2D eigenvalue weighted by Gasteiger charge is 2.32. The van der Waals surface area contributed by atoms with Crippen LogP contribution in [0.15, 0.2) is 24.3 Å². The van der Waals surface area contributed by atoms with Crippen molar-refractivity contribution < 1.29 is 5.11 Å². The molecule has 0 radical (unpaired) electrons. The monoisotopic (exact) mass is 248 g/mol. The quantitative estimate of drug-likeness (QED) is 0.856. The number of hydrogen-bond acceptors (Lipinski definition) is 3. The van der Waals surface area contributed by atoms with Crippen LogP contribution in [-0.4, -0.2) is 36.4 Å². The lowest BCUT2D eigenvalue weighted by Crippen LogP contribution is -2.63. The van der Waals surface area contributed by atoms with Crippen LogP contribution in [0.25, 0.3) is 0 Å². The lowest BCUT2D eigenvalue weighted by atomic mass is 9.97. The summed E-state index contributed by atoms with van der Waals surface area (Å²) in [6, 6.07) is 8.72. The van der Waals surface area contributed by atoms with E-state index in [1.165, 1.54) is 11.3 Å². The summed E-state index contributed by atoms with van der Waals surface area (Å²) in [5, 5.41) is 12.9. The van der Waals surface area contributed by atoms with Gasteiger partial charge in [-0.1, -0.05) is 25.1 Å². The highest BCUT2D eigenvalue weighted by Crippen LogP contribution is 2.25. The zero-order chi connectivity index (χ0) is 13.2. The van der Waals surface area contributed by atoms with Crippen LogP contribution >= 0.6 is 0 Å². The van der Waals surface area contributed by atoms with Gasteiger partial charge in [0.25, 0.3) is 0 Å². The van der Waals surface area contributed by atoms with Crippen molar-refractivity contribution in [3.63, 3.8) is 0 Å². The summed E-state index contributed by atoms with van der Waals surface area (Å²) < 4.78 is 0. The molecule has 2 rings (SSSR count). The molecule has 1 saturated heterocycles. The SMILES string of the molecule is CCc1ccccc1N1CC(CO)NC(C)(C)C1. The number of aliphatic hydroxyl groups excluding tert-OH is 1. The van der Waals surface area contributed by atoms with Crippen molar-refractivity contribution in [3.8, 4) is 0 Å². The second-order valence-corrected chi connectivity index (χ2v) is 5.77. The second-order valence-electron chi connectivity index (χ2n) is 5.77. The minimum absolute atomic E-state index is 0.0342. The van der Waals surface area contributed by atoms with Crippen LogP contribution in [0.1, 0.15) is 26.3 Å². The van der Waals surface area contributed by atoms with Crippen molar-refractivity contribution in [2.75, 3.05) is 24.6 Å². The van der Waals surface area contributed by atoms with Gasteiger partial charge in [-0.2, -0.15) is 0 Å². The van der Waals surface area contributed by atoms with E-state index in [9.17, 15) is 5.11 Å². The van der Waals surface area contributed by atoms with Crippen LogP contribution in [0.5, 0.6) is 0 Å². The van der Waals surface area contributed by atoms with Crippen molar-refractivity contribution in [2.24, 2.45) is 0 Å². The number of anilines is 1. The molecule has 1 fully saturated rings. The Kier molecular flexibility index (Phi) is 3.93. The maximum atomic E-state index is 9.43. The average molecular weight is 248 g/mol. The summed E-state index contributed by atoms with van der Waals surface area (Å²) in [4.78, 5) is 2.40. The number of hydrogen-bond donors (Lipinski definition) is 2. The third-order valence-corrected chi connectivity index (χ3v) is 3.56. The van der Waals surface area contributed by atoms with E-state index in [0.717, 1.165) is 19.5 Å². The van der Waals surface area contributed by atoms with Gasteiger partial charge >= 0.3 is 0 Å². The molecule has 0 amide bonds. The molecular weight excluding hydrogens is 224 g/mol. The topological polar surface area (TPSA) is 35.5 Å². The van der Waals surface area contributed by atoms with Gasteiger partial charge in [0.2, 0.25) is 0 Å². The van der Waals surface area contributed by atoms with Crippen molar-refractivity contribution in [3.05, 3.63) is 29.8 Å². The summed E-state index contributed by atoms with van der Waals surface area (Å²) in [7, 11) is 0. The molecule has 0 aliphatic carbocycles. The van der Waals surface area contributed by atoms with Gasteiger partial charge < -0.3 is 15.3 Å². The molecule has 1 aliphatic rings. The summed E-state index contributed by atoms with van der Waals surface area (Å²) in [5.41, 5.74) is 2.73. The van der Waals surface area contributed by atoms with Gasteiger partial charge in [0.1, 0.15) is 0 Å². The van der Waals surface area contributed by atoms with Crippen LogP contribution < -0.4 is 10.2 Å². The maximum absolute atomic E-state index is 9.43. The summed E-state index contributed by atoms with van der Waals surface area (Å²) in [5.74, 6) is 0. The molecule has 1 unspecified atom stereocenters. The molecule has 3 heteroatoms. The van der Waals surface area contributed by atoms with Gasteiger partial charge in [-0.25, -0.2) is 0 Å². The second kappa shape index (κ2) is 5.29. The molecule has 0 saturated carbocycles. The van der Waals surface area contributed by atoms with E-state index in [4.69, 9.17) is 0 Å². The molecule has 2 N–H and O–H groups in total. The normalized spacial score (nSPS) is 23.1. The molecule has 0 bridgehead atoms. The van der Waals surface area contributed by atoms with Gasteiger partial charge in [0.15, 0.2) is 0 Å². The van der Waals surface area contributed by atoms with E-state index < -0.39 is 0 Å². The maximum Gasteiger partial charge on any atom is 0.0602 e. The first-order chi connectivity index (χ1) is 8.55. The van der Waals surface area contributed by atoms with Crippen molar-refractivity contribution in [1.82, 2.24) is 5.32 Å². The van der Waals surface area contributed by atoms with E-state index in [2.05, 4.69) is 55.3 Å². The van der Waals surface area contributed by atoms with Crippen molar-refractivity contribution >= 4 is 5.69 Å². The fraction of sp³-hybridized carbons (Fsp3) is 0.600. The number of piperazine rings is 1. The number of benzene rings is 1. The Morgan fingerprint density at radius 1 is 1.39 bits per heavy atom. The predicted molar refractivity (Wildman–Crippen MR) is 76.1 cm³/mol. The van der Waals surface area contributed by atoms with Gasteiger partial charge in [-0.15, -0.1) is 0 Å². The van der Waals surface area contributed by atoms with E-state index in [1.54, 1.807) is 0 Å². The number of nitrogens with zero attached hydrogens (tertiary/aromatic N) is 1. The highest BCUT2D eigenvalue weighted by molar-refractivity contribution is 5.54. The molecule has 18 heavy (non-hydrogen) atoms. The molecule has 100 valence electrons. The van der Waals surface area contributed by atoms with Crippen LogP contribution in [0, 0.1) is 0 Å². The largest absolute Gasteiger partial charge is 0.395 e. The number of para-hydroxylation sites is 1. The lowest BCUT2D eigenvalue weighted by molar-refractivity contribution is 0.191. The zero-order valence-corrected chi connectivity index (χ0v) is 11.6. The lowest BCUT2D eigenvalue weighted by Gasteiger charge is -2.45. The Bertz CT molecular complexity index is 403. The Balaban J connectivity index is 2.26. The van der Waals surface area contributed by atoms with Crippen LogP contribution in [0.2, 0.25) is 0 Å². The average Bonchev–Trinajstić information content (AvgIpc) is 2.36. The molecule has 3 nitrogen and oxygen atoms in total. The Hall–Kier alpha value is -1.06. The fourth-order valence-electron chi connectivity index (χ4n) is 2.86. The first kappa shape index (κ1) is 13.4. The molecule has 0 spiro atoms. The Morgan fingerprint density at radius 3 is 2.78 bits per heavy atom. The standard InChI is InChI=1S/C15H24N2O/c1-4-12-7-5-6-8-14(12)17-9-13(10-18)16-15(2,3)11-17/h5-8,13,16,18H,4,9-11H2,1-3H3. The van der Waals surface area contributed by atoms with E-state index >= 15 is 0 Å². The van der Waals surface area contributed by atoms with Gasteiger partial charge in [-0.05, 0) is 31.9 Å². The minimum atomic E-state index is 0.0342. The minimum Gasteiger partial charge on any atom is -0.395 e. The molecule has 1 aromatic rings.